The molecule has 5 heteroatoms. The molecule has 0 aromatic carbocycles. The van der Waals surface area contributed by atoms with Crippen LogP contribution in [0.25, 0.3) is 0 Å². The molecule has 1 heterocycles. The maximum Gasteiger partial charge on any atom is 0.325 e. The van der Waals surface area contributed by atoms with Crippen molar-refractivity contribution in [3.63, 3.8) is 0 Å². The molecule has 2 N–H and O–H groups in total. The fourth-order valence-electron chi connectivity index (χ4n) is 1.40. The van der Waals surface area contributed by atoms with Gasteiger partial charge in [-0.15, -0.1) is 0 Å². The summed E-state index contributed by atoms with van der Waals surface area (Å²) in [6.07, 6.45) is 0. The van der Waals surface area contributed by atoms with E-state index < -0.39 is 12.0 Å². The highest BCUT2D eigenvalue weighted by Crippen LogP contribution is 2.19. The van der Waals surface area contributed by atoms with Crippen LogP contribution in [-0.4, -0.2) is 27.1 Å². The monoisotopic (exact) mass is 251 g/mol. The van der Waals surface area contributed by atoms with Crippen LogP contribution in [0.1, 0.15) is 58.0 Å². The Balaban J connectivity index is 3.07. The zero-order valence-corrected chi connectivity index (χ0v) is 11.6. The number of rotatable bonds is 5. The van der Waals surface area contributed by atoms with Crippen LogP contribution in [0.5, 0.6) is 0 Å². The molecule has 1 aromatic heterocycles. The van der Waals surface area contributed by atoms with Crippen molar-refractivity contribution in [1.82, 2.24) is 9.97 Å². The largest absolute Gasteiger partial charge is 0.480 e. The van der Waals surface area contributed by atoms with Gasteiger partial charge in [0.05, 0.1) is 0 Å². The van der Waals surface area contributed by atoms with E-state index >= 15 is 0 Å². The molecule has 0 amide bonds. The van der Waals surface area contributed by atoms with Crippen LogP contribution in [-0.2, 0) is 4.79 Å². The molecule has 0 saturated heterocycles. The molecular weight excluding hydrogens is 230 g/mol. The lowest BCUT2D eigenvalue weighted by Crippen LogP contribution is -2.26. The third-order valence-corrected chi connectivity index (χ3v) is 2.61. The van der Waals surface area contributed by atoms with Gasteiger partial charge in [-0.2, -0.15) is 0 Å². The van der Waals surface area contributed by atoms with Crippen LogP contribution in [0.4, 0.5) is 5.82 Å². The number of carboxylic acids is 1. The second kappa shape index (κ2) is 5.80. The van der Waals surface area contributed by atoms with Gasteiger partial charge in [0.15, 0.2) is 0 Å². The summed E-state index contributed by atoms with van der Waals surface area (Å²) in [5, 5.41) is 11.8. The normalized spacial score (nSPS) is 12.8. The molecule has 0 fully saturated rings. The highest BCUT2D eigenvalue weighted by Gasteiger charge is 2.14. The van der Waals surface area contributed by atoms with Crippen molar-refractivity contribution in [2.75, 3.05) is 5.32 Å². The van der Waals surface area contributed by atoms with Crippen LogP contribution in [0.2, 0.25) is 0 Å². The predicted molar refractivity (Wildman–Crippen MR) is 70.9 cm³/mol. The van der Waals surface area contributed by atoms with Gasteiger partial charge in [-0.05, 0) is 12.8 Å². The molecule has 0 bridgehead atoms. The molecule has 0 aliphatic carbocycles. The fraction of sp³-hybridized carbons (Fsp3) is 0.615. The van der Waals surface area contributed by atoms with Crippen molar-refractivity contribution in [2.24, 2.45) is 0 Å². The number of carboxylic acid groups (broad SMARTS) is 1. The fourth-order valence-corrected chi connectivity index (χ4v) is 1.40. The second-order valence-corrected chi connectivity index (χ2v) is 5.05. The maximum absolute atomic E-state index is 10.8. The van der Waals surface area contributed by atoms with E-state index in [1.165, 1.54) is 0 Å². The van der Waals surface area contributed by atoms with E-state index in [4.69, 9.17) is 5.11 Å². The first-order valence-corrected chi connectivity index (χ1v) is 6.19. The average molecular weight is 251 g/mol. The van der Waals surface area contributed by atoms with Gasteiger partial charge in [0.25, 0.3) is 0 Å². The van der Waals surface area contributed by atoms with E-state index in [1.807, 2.05) is 19.9 Å². The first-order valence-electron chi connectivity index (χ1n) is 6.19. The molecular formula is C13H21N3O2. The Morgan fingerprint density at radius 1 is 1.17 bits per heavy atom. The lowest BCUT2D eigenvalue weighted by atomic mass is 10.1. The van der Waals surface area contributed by atoms with Crippen molar-refractivity contribution < 1.29 is 9.90 Å². The molecule has 100 valence electrons. The number of nitrogens with zero attached hydrogens (tertiary/aromatic N) is 2. The van der Waals surface area contributed by atoms with E-state index in [9.17, 15) is 4.79 Å². The second-order valence-electron chi connectivity index (χ2n) is 5.05. The summed E-state index contributed by atoms with van der Waals surface area (Å²) >= 11 is 0. The molecule has 1 unspecified atom stereocenters. The molecule has 18 heavy (non-hydrogen) atoms. The van der Waals surface area contributed by atoms with Gasteiger partial charge in [0.2, 0.25) is 0 Å². The number of hydrogen-bond acceptors (Lipinski definition) is 4. The lowest BCUT2D eigenvalue weighted by Gasteiger charge is -2.15. The first kappa shape index (κ1) is 14.4. The summed E-state index contributed by atoms with van der Waals surface area (Å²) < 4.78 is 0. The molecule has 0 saturated carbocycles. The summed E-state index contributed by atoms with van der Waals surface area (Å²) in [7, 11) is 0. The molecule has 1 atom stereocenters. The van der Waals surface area contributed by atoms with Crippen molar-refractivity contribution in [2.45, 2.75) is 52.5 Å². The Morgan fingerprint density at radius 2 is 1.78 bits per heavy atom. The van der Waals surface area contributed by atoms with Crippen molar-refractivity contribution in [3.05, 3.63) is 17.6 Å². The molecule has 0 aliphatic rings. The van der Waals surface area contributed by atoms with Gasteiger partial charge in [0.1, 0.15) is 17.7 Å². The Hall–Kier alpha value is -1.65. The van der Waals surface area contributed by atoms with Crippen LogP contribution >= 0.6 is 0 Å². The summed E-state index contributed by atoms with van der Waals surface area (Å²) in [6.45, 7) is 9.73. The van der Waals surface area contributed by atoms with Gasteiger partial charge in [-0.3, -0.25) is 4.79 Å². The number of aliphatic carboxylic acids is 1. The SMILES string of the molecule is CC(Nc1cc(C(C)C)nc(C(C)C)n1)C(=O)O. The molecule has 0 spiro atoms. The highest BCUT2D eigenvalue weighted by atomic mass is 16.4. The minimum atomic E-state index is -0.897. The van der Waals surface area contributed by atoms with E-state index in [0.717, 1.165) is 11.5 Å². The highest BCUT2D eigenvalue weighted by molar-refractivity contribution is 5.76. The maximum atomic E-state index is 10.8. The average Bonchev–Trinajstić information content (AvgIpc) is 2.28. The first-order chi connectivity index (χ1) is 8.31. The summed E-state index contributed by atoms with van der Waals surface area (Å²) in [4.78, 5) is 19.7. The molecule has 1 rings (SSSR count). The van der Waals surface area contributed by atoms with Gasteiger partial charge in [0, 0.05) is 17.7 Å². The Kier molecular flexibility index (Phi) is 4.64. The third-order valence-electron chi connectivity index (χ3n) is 2.61. The summed E-state index contributed by atoms with van der Waals surface area (Å²) in [5.41, 5.74) is 0.925. The molecule has 0 radical (unpaired) electrons. The topological polar surface area (TPSA) is 75.1 Å². The number of carbonyl (C=O) groups is 1. The molecule has 0 aliphatic heterocycles. The van der Waals surface area contributed by atoms with Crippen LogP contribution in [0.3, 0.4) is 0 Å². The lowest BCUT2D eigenvalue weighted by molar-refractivity contribution is -0.137. The standard InChI is InChI=1S/C13H21N3O2/c1-7(2)10-6-11(14-9(5)13(17)18)16-12(15-10)8(3)4/h6-9H,1-5H3,(H,17,18)(H,14,15,16). The van der Waals surface area contributed by atoms with Crippen molar-refractivity contribution in [3.8, 4) is 0 Å². The van der Waals surface area contributed by atoms with Crippen molar-refractivity contribution >= 4 is 11.8 Å². The van der Waals surface area contributed by atoms with Crippen LogP contribution in [0, 0.1) is 0 Å². The zero-order chi connectivity index (χ0) is 13.9. The van der Waals surface area contributed by atoms with E-state index in [2.05, 4.69) is 29.1 Å². The van der Waals surface area contributed by atoms with E-state index in [-0.39, 0.29) is 11.8 Å². The molecule has 1 aromatic rings. The van der Waals surface area contributed by atoms with E-state index in [0.29, 0.717) is 5.82 Å². The summed E-state index contributed by atoms with van der Waals surface area (Å²) in [6, 6.07) is 1.15. The minimum absolute atomic E-state index is 0.212. The van der Waals surface area contributed by atoms with E-state index in [1.54, 1.807) is 6.92 Å². The van der Waals surface area contributed by atoms with Gasteiger partial charge >= 0.3 is 5.97 Å². The number of nitrogens with one attached hydrogen (secondary N) is 1. The molecule has 5 nitrogen and oxygen atoms in total. The predicted octanol–water partition coefficient (Wildman–Crippen LogP) is 2.61. The Morgan fingerprint density at radius 3 is 2.22 bits per heavy atom. The van der Waals surface area contributed by atoms with Crippen molar-refractivity contribution in [1.29, 1.82) is 0 Å². The number of anilines is 1. The van der Waals surface area contributed by atoms with Crippen LogP contribution in [0.15, 0.2) is 6.07 Å². The van der Waals surface area contributed by atoms with Gasteiger partial charge < -0.3 is 10.4 Å². The minimum Gasteiger partial charge on any atom is -0.480 e. The Bertz CT molecular complexity index is 404. The zero-order valence-electron chi connectivity index (χ0n) is 11.6. The third kappa shape index (κ3) is 3.68. The van der Waals surface area contributed by atoms with Gasteiger partial charge in [-0.1, -0.05) is 27.7 Å². The number of aromatic nitrogens is 2. The van der Waals surface area contributed by atoms with Crippen LogP contribution < -0.4 is 5.32 Å². The van der Waals surface area contributed by atoms with Gasteiger partial charge in [-0.25, -0.2) is 9.97 Å². The Labute approximate surface area is 108 Å². The smallest absolute Gasteiger partial charge is 0.325 e. The summed E-state index contributed by atoms with van der Waals surface area (Å²) in [5.74, 6) is 0.912. The quantitative estimate of drug-likeness (QED) is 0.841. The number of hydrogen-bond donors (Lipinski definition) is 2.